The van der Waals surface area contributed by atoms with E-state index in [9.17, 15) is 9.18 Å². The van der Waals surface area contributed by atoms with Gasteiger partial charge >= 0.3 is 5.97 Å². The minimum absolute atomic E-state index is 0.272. The number of carbonyl (C=O) groups is 1. The average Bonchev–Trinajstić information content (AvgIpc) is 2.31. The molecular weight excluding hydrogens is 251 g/mol. The first-order chi connectivity index (χ1) is 8.59. The maximum Gasteiger partial charge on any atom is 0.339 e. The predicted octanol–water partition coefficient (Wildman–Crippen LogP) is 3.98. The van der Waals surface area contributed by atoms with Gasteiger partial charge in [-0.2, -0.15) is 0 Å². The van der Waals surface area contributed by atoms with E-state index < -0.39 is 11.8 Å². The molecule has 1 N–H and O–H groups in total. The maximum absolute atomic E-state index is 13.5. The molecule has 92 valence electrons. The van der Waals surface area contributed by atoms with Gasteiger partial charge in [-0.25, -0.2) is 9.18 Å². The highest BCUT2D eigenvalue weighted by Crippen LogP contribution is 2.33. The molecule has 0 fully saturated rings. The van der Waals surface area contributed by atoms with Crippen LogP contribution in [0.15, 0.2) is 52.3 Å². The van der Waals surface area contributed by atoms with Crippen LogP contribution in [0.2, 0.25) is 0 Å². The van der Waals surface area contributed by atoms with Crippen LogP contribution in [-0.2, 0) is 0 Å². The van der Waals surface area contributed by atoms with Gasteiger partial charge in [0.05, 0.1) is 0 Å². The van der Waals surface area contributed by atoms with Gasteiger partial charge in [0.25, 0.3) is 0 Å². The lowest BCUT2D eigenvalue weighted by molar-refractivity contribution is 0.0688. The number of hydrogen-bond acceptors (Lipinski definition) is 2. The summed E-state index contributed by atoms with van der Waals surface area (Å²) in [6.07, 6.45) is 0. The van der Waals surface area contributed by atoms with Gasteiger partial charge in [-0.1, -0.05) is 36.0 Å². The number of carboxylic acid groups (broad SMARTS) is 1. The summed E-state index contributed by atoms with van der Waals surface area (Å²) in [7, 11) is 0. The topological polar surface area (TPSA) is 37.3 Å². The van der Waals surface area contributed by atoms with Crippen molar-refractivity contribution >= 4 is 17.7 Å². The minimum atomic E-state index is -1.25. The third-order valence-corrected chi connectivity index (χ3v) is 3.74. The zero-order valence-corrected chi connectivity index (χ0v) is 10.5. The molecule has 2 rings (SSSR count). The van der Waals surface area contributed by atoms with Crippen molar-refractivity contribution in [2.75, 3.05) is 0 Å². The quantitative estimate of drug-likeness (QED) is 0.909. The minimum Gasteiger partial charge on any atom is -0.478 e. The first-order valence-corrected chi connectivity index (χ1v) is 6.16. The predicted molar refractivity (Wildman–Crippen MR) is 68.7 cm³/mol. The van der Waals surface area contributed by atoms with Crippen molar-refractivity contribution in [2.45, 2.75) is 16.7 Å². The summed E-state index contributed by atoms with van der Waals surface area (Å²) in [6.45, 7) is 1.93. The Hall–Kier alpha value is -1.81. The fraction of sp³-hybridized carbons (Fsp3) is 0.0714. The van der Waals surface area contributed by atoms with Gasteiger partial charge < -0.3 is 5.11 Å². The number of hydrogen-bond donors (Lipinski definition) is 1. The van der Waals surface area contributed by atoms with Gasteiger partial charge in [-0.15, -0.1) is 0 Å². The Bertz CT molecular complexity index is 596. The Morgan fingerprint density at radius 2 is 1.78 bits per heavy atom. The van der Waals surface area contributed by atoms with E-state index in [-0.39, 0.29) is 5.56 Å². The van der Waals surface area contributed by atoms with Crippen molar-refractivity contribution in [3.05, 3.63) is 59.4 Å². The van der Waals surface area contributed by atoms with Crippen LogP contribution in [0, 0.1) is 12.7 Å². The number of benzene rings is 2. The number of carboxylic acids is 1. The van der Waals surface area contributed by atoms with Gasteiger partial charge in [0.15, 0.2) is 0 Å². The molecule has 4 heteroatoms. The van der Waals surface area contributed by atoms with Crippen molar-refractivity contribution in [3.8, 4) is 0 Å². The summed E-state index contributed by atoms with van der Waals surface area (Å²) in [5, 5.41) is 9.04. The summed E-state index contributed by atoms with van der Waals surface area (Å²) in [6, 6.07) is 11.9. The van der Waals surface area contributed by atoms with E-state index in [4.69, 9.17) is 5.11 Å². The second kappa shape index (κ2) is 5.23. The molecule has 18 heavy (non-hydrogen) atoms. The molecule has 0 atom stereocenters. The van der Waals surface area contributed by atoms with E-state index in [1.165, 1.54) is 17.8 Å². The molecule has 2 aromatic carbocycles. The smallest absolute Gasteiger partial charge is 0.339 e. The van der Waals surface area contributed by atoms with E-state index in [1.54, 1.807) is 6.07 Å². The number of rotatable bonds is 3. The zero-order chi connectivity index (χ0) is 13.1. The Morgan fingerprint density at radius 3 is 2.44 bits per heavy atom. The lowest BCUT2D eigenvalue weighted by Gasteiger charge is -2.08. The summed E-state index contributed by atoms with van der Waals surface area (Å²) < 4.78 is 13.5. The Morgan fingerprint density at radius 1 is 1.11 bits per heavy atom. The summed E-state index contributed by atoms with van der Waals surface area (Å²) in [5.74, 6) is -1.95. The van der Waals surface area contributed by atoms with Crippen molar-refractivity contribution in [3.63, 3.8) is 0 Å². The highest BCUT2D eigenvalue weighted by Gasteiger charge is 2.16. The fourth-order valence-electron chi connectivity index (χ4n) is 1.59. The van der Waals surface area contributed by atoms with Crippen LogP contribution in [0.3, 0.4) is 0 Å². The maximum atomic E-state index is 13.5. The highest BCUT2D eigenvalue weighted by atomic mass is 32.2. The molecule has 0 aliphatic heterocycles. The molecule has 2 nitrogen and oxygen atoms in total. The molecule has 0 aromatic heterocycles. The normalized spacial score (nSPS) is 10.3. The van der Waals surface area contributed by atoms with Crippen LogP contribution in [0.1, 0.15) is 15.9 Å². The molecule has 0 aliphatic rings. The highest BCUT2D eigenvalue weighted by molar-refractivity contribution is 7.99. The van der Waals surface area contributed by atoms with Gasteiger partial charge in [-0.05, 0) is 30.7 Å². The number of halogens is 1. The molecule has 0 saturated heterocycles. The lowest BCUT2D eigenvalue weighted by Crippen LogP contribution is -2.02. The fourth-order valence-corrected chi connectivity index (χ4v) is 2.63. The molecule has 0 radical (unpaired) electrons. The lowest BCUT2D eigenvalue weighted by atomic mass is 10.2. The third-order valence-electron chi connectivity index (χ3n) is 2.50. The van der Waals surface area contributed by atoms with Crippen LogP contribution in [0.5, 0.6) is 0 Å². The largest absolute Gasteiger partial charge is 0.478 e. The van der Waals surface area contributed by atoms with Crippen LogP contribution in [-0.4, -0.2) is 11.1 Å². The van der Waals surface area contributed by atoms with E-state index in [0.29, 0.717) is 4.90 Å². The van der Waals surface area contributed by atoms with Gasteiger partial charge in [0.2, 0.25) is 0 Å². The average molecular weight is 262 g/mol. The molecule has 0 amide bonds. The Balaban J connectivity index is 2.44. The summed E-state index contributed by atoms with van der Waals surface area (Å²) in [4.78, 5) is 12.4. The van der Waals surface area contributed by atoms with Crippen molar-refractivity contribution in [2.24, 2.45) is 0 Å². The van der Waals surface area contributed by atoms with Crippen LogP contribution in [0.25, 0.3) is 0 Å². The second-order valence-electron chi connectivity index (χ2n) is 3.79. The monoisotopic (exact) mass is 262 g/mol. The molecule has 0 spiro atoms. The summed E-state index contributed by atoms with van der Waals surface area (Å²) in [5.41, 5.74) is 0.758. The number of aromatic carboxylic acids is 1. The van der Waals surface area contributed by atoms with E-state index in [0.717, 1.165) is 16.5 Å². The Kier molecular flexibility index (Phi) is 3.67. The van der Waals surface area contributed by atoms with Crippen molar-refractivity contribution in [1.29, 1.82) is 0 Å². The standard InChI is InChI=1S/C14H11FO2S/c1-9-5-2-3-7-11(9)18-12-8-4-6-10(15)13(12)14(16)17/h2-8H,1H3,(H,16,17). The molecular formula is C14H11FO2S. The molecule has 0 aliphatic carbocycles. The van der Waals surface area contributed by atoms with E-state index in [2.05, 4.69) is 0 Å². The SMILES string of the molecule is Cc1ccccc1Sc1cccc(F)c1C(=O)O. The van der Waals surface area contributed by atoms with Gasteiger partial charge in [-0.3, -0.25) is 0 Å². The second-order valence-corrected chi connectivity index (χ2v) is 4.87. The first-order valence-electron chi connectivity index (χ1n) is 5.35. The number of aryl methyl sites for hydroxylation is 1. The van der Waals surface area contributed by atoms with Crippen LogP contribution < -0.4 is 0 Å². The van der Waals surface area contributed by atoms with Crippen LogP contribution in [0.4, 0.5) is 4.39 Å². The zero-order valence-electron chi connectivity index (χ0n) is 9.68. The molecule has 0 heterocycles. The van der Waals surface area contributed by atoms with E-state index in [1.807, 2.05) is 31.2 Å². The van der Waals surface area contributed by atoms with Crippen molar-refractivity contribution in [1.82, 2.24) is 0 Å². The third kappa shape index (κ3) is 2.54. The first kappa shape index (κ1) is 12.6. The molecule has 0 saturated carbocycles. The van der Waals surface area contributed by atoms with Gasteiger partial charge in [0, 0.05) is 9.79 Å². The van der Waals surface area contributed by atoms with E-state index >= 15 is 0 Å². The molecule has 2 aromatic rings. The van der Waals surface area contributed by atoms with Crippen molar-refractivity contribution < 1.29 is 14.3 Å². The van der Waals surface area contributed by atoms with Crippen LogP contribution >= 0.6 is 11.8 Å². The summed E-state index contributed by atoms with van der Waals surface area (Å²) >= 11 is 1.26. The molecule has 0 unspecified atom stereocenters. The van der Waals surface area contributed by atoms with Gasteiger partial charge in [0.1, 0.15) is 11.4 Å². The Labute approximate surface area is 108 Å². The molecule has 0 bridgehead atoms.